The SMILES string of the molecule is c1cc(-c2cc(OC3CCNC3)ncn2)ccn1. The molecule has 92 valence electrons. The van der Waals surface area contributed by atoms with Crippen molar-refractivity contribution in [1.82, 2.24) is 20.3 Å². The van der Waals surface area contributed by atoms with Crippen LogP contribution in [0.1, 0.15) is 6.42 Å². The highest BCUT2D eigenvalue weighted by Crippen LogP contribution is 2.20. The minimum absolute atomic E-state index is 0.213. The Hall–Kier alpha value is -2.01. The number of aromatic nitrogens is 3. The van der Waals surface area contributed by atoms with Gasteiger partial charge in [-0.15, -0.1) is 0 Å². The molecule has 3 heterocycles. The second-order valence-electron chi connectivity index (χ2n) is 4.21. The maximum Gasteiger partial charge on any atom is 0.217 e. The van der Waals surface area contributed by atoms with Crippen LogP contribution >= 0.6 is 0 Å². The Labute approximate surface area is 105 Å². The average Bonchev–Trinajstić information content (AvgIpc) is 2.93. The number of pyridine rings is 1. The molecule has 0 spiro atoms. The van der Waals surface area contributed by atoms with Crippen LogP contribution in [0.4, 0.5) is 0 Å². The molecule has 2 aromatic rings. The van der Waals surface area contributed by atoms with E-state index in [1.54, 1.807) is 12.4 Å². The quantitative estimate of drug-likeness (QED) is 0.878. The van der Waals surface area contributed by atoms with Gasteiger partial charge >= 0.3 is 0 Å². The molecule has 0 bridgehead atoms. The van der Waals surface area contributed by atoms with E-state index in [9.17, 15) is 0 Å². The molecule has 5 heteroatoms. The van der Waals surface area contributed by atoms with Gasteiger partial charge in [0, 0.05) is 30.6 Å². The van der Waals surface area contributed by atoms with Crippen molar-refractivity contribution in [2.45, 2.75) is 12.5 Å². The molecular formula is C13H14N4O. The summed E-state index contributed by atoms with van der Waals surface area (Å²) in [6.45, 7) is 1.89. The third kappa shape index (κ3) is 2.46. The van der Waals surface area contributed by atoms with Crippen molar-refractivity contribution in [3.63, 3.8) is 0 Å². The molecule has 1 saturated heterocycles. The Morgan fingerprint density at radius 1 is 1.22 bits per heavy atom. The number of hydrogen-bond acceptors (Lipinski definition) is 5. The lowest BCUT2D eigenvalue weighted by molar-refractivity contribution is 0.214. The first-order chi connectivity index (χ1) is 8.92. The maximum atomic E-state index is 5.81. The standard InChI is InChI=1S/C13H14N4O/c1-4-14-5-2-10(1)12-7-13(17-9-16-12)18-11-3-6-15-8-11/h1-2,4-5,7,9,11,15H,3,6,8H2. The number of nitrogens with zero attached hydrogens (tertiary/aromatic N) is 3. The van der Waals surface area contributed by atoms with E-state index >= 15 is 0 Å². The molecule has 2 aromatic heterocycles. The molecule has 1 aliphatic rings. The van der Waals surface area contributed by atoms with Gasteiger partial charge in [0.15, 0.2) is 0 Å². The van der Waals surface area contributed by atoms with Crippen LogP contribution in [0, 0.1) is 0 Å². The van der Waals surface area contributed by atoms with Crippen LogP contribution in [0.3, 0.4) is 0 Å². The molecule has 0 radical (unpaired) electrons. The van der Waals surface area contributed by atoms with Gasteiger partial charge in [-0.1, -0.05) is 0 Å². The van der Waals surface area contributed by atoms with Gasteiger partial charge in [-0.05, 0) is 25.1 Å². The van der Waals surface area contributed by atoms with Crippen LogP contribution in [0.2, 0.25) is 0 Å². The lowest BCUT2D eigenvalue weighted by Crippen LogP contribution is -2.20. The van der Waals surface area contributed by atoms with Crippen molar-refractivity contribution in [1.29, 1.82) is 0 Å². The van der Waals surface area contributed by atoms with Crippen molar-refractivity contribution in [2.24, 2.45) is 0 Å². The summed E-state index contributed by atoms with van der Waals surface area (Å²) < 4.78 is 5.81. The second-order valence-corrected chi connectivity index (χ2v) is 4.21. The maximum absolute atomic E-state index is 5.81. The average molecular weight is 242 g/mol. The number of hydrogen-bond donors (Lipinski definition) is 1. The molecule has 0 saturated carbocycles. The molecule has 0 amide bonds. The van der Waals surface area contributed by atoms with Crippen LogP contribution < -0.4 is 10.1 Å². The zero-order chi connectivity index (χ0) is 12.2. The van der Waals surface area contributed by atoms with Crippen molar-refractivity contribution in [2.75, 3.05) is 13.1 Å². The Morgan fingerprint density at radius 2 is 2.11 bits per heavy atom. The fraction of sp³-hybridized carbons (Fsp3) is 0.308. The minimum Gasteiger partial charge on any atom is -0.473 e. The molecule has 0 aromatic carbocycles. The fourth-order valence-corrected chi connectivity index (χ4v) is 1.98. The Bertz CT molecular complexity index is 511. The topological polar surface area (TPSA) is 59.9 Å². The van der Waals surface area contributed by atoms with Gasteiger partial charge in [-0.25, -0.2) is 9.97 Å². The molecule has 5 nitrogen and oxygen atoms in total. The first-order valence-electron chi connectivity index (χ1n) is 6.01. The van der Waals surface area contributed by atoms with Gasteiger partial charge in [0.25, 0.3) is 0 Å². The number of nitrogens with one attached hydrogen (secondary N) is 1. The first-order valence-corrected chi connectivity index (χ1v) is 6.01. The van der Waals surface area contributed by atoms with Gasteiger partial charge in [0.2, 0.25) is 5.88 Å². The van der Waals surface area contributed by atoms with E-state index in [1.807, 2.05) is 18.2 Å². The highest BCUT2D eigenvalue weighted by atomic mass is 16.5. The highest BCUT2D eigenvalue weighted by molar-refractivity contribution is 5.58. The van der Waals surface area contributed by atoms with Crippen LogP contribution in [-0.2, 0) is 0 Å². The van der Waals surface area contributed by atoms with E-state index in [2.05, 4.69) is 20.3 Å². The summed E-state index contributed by atoms with van der Waals surface area (Å²) in [4.78, 5) is 12.4. The van der Waals surface area contributed by atoms with Gasteiger partial charge in [-0.2, -0.15) is 0 Å². The summed E-state index contributed by atoms with van der Waals surface area (Å²) in [7, 11) is 0. The molecule has 3 rings (SSSR count). The van der Waals surface area contributed by atoms with Crippen LogP contribution in [-0.4, -0.2) is 34.1 Å². The van der Waals surface area contributed by atoms with E-state index in [0.29, 0.717) is 5.88 Å². The molecule has 1 aliphatic heterocycles. The fourth-order valence-electron chi connectivity index (χ4n) is 1.98. The van der Waals surface area contributed by atoms with Crippen molar-refractivity contribution in [3.05, 3.63) is 36.9 Å². The van der Waals surface area contributed by atoms with Gasteiger partial charge in [0.1, 0.15) is 12.4 Å². The molecule has 18 heavy (non-hydrogen) atoms. The van der Waals surface area contributed by atoms with Crippen molar-refractivity contribution < 1.29 is 4.74 Å². The van der Waals surface area contributed by atoms with Crippen molar-refractivity contribution >= 4 is 0 Å². The summed E-state index contributed by atoms with van der Waals surface area (Å²) in [5, 5.41) is 3.26. The highest BCUT2D eigenvalue weighted by Gasteiger charge is 2.16. The number of ether oxygens (including phenoxy) is 1. The minimum atomic E-state index is 0.213. The van der Waals surface area contributed by atoms with Crippen LogP contribution in [0.5, 0.6) is 5.88 Å². The second kappa shape index (κ2) is 5.10. The predicted molar refractivity (Wildman–Crippen MR) is 67.2 cm³/mol. The van der Waals surface area contributed by atoms with Gasteiger partial charge in [-0.3, -0.25) is 4.98 Å². The van der Waals surface area contributed by atoms with Crippen LogP contribution in [0.25, 0.3) is 11.3 Å². The van der Waals surface area contributed by atoms with Gasteiger partial charge < -0.3 is 10.1 Å². The van der Waals surface area contributed by atoms with Crippen LogP contribution in [0.15, 0.2) is 36.9 Å². The molecule has 1 fully saturated rings. The molecule has 1 N–H and O–H groups in total. The Balaban J connectivity index is 1.80. The smallest absolute Gasteiger partial charge is 0.217 e. The summed E-state index contributed by atoms with van der Waals surface area (Å²) in [5.74, 6) is 0.630. The summed E-state index contributed by atoms with van der Waals surface area (Å²) >= 11 is 0. The third-order valence-corrected chi connectivity index (χ3v) is 2.92. The van der Waals surface area contributed by atoms with E-state index < -0.39 is 0 Å². The Morgan fingerprint density at radius 3 is 2.89 bits per heavy atom. The number of rotatable bonds is 3. The zero-order valence-corrected chi connectivity index (χ0v) is 9.91. The largest absolute Gasteiger partial charge is 0.473 e. The lowest BCUT2D eigenvalue weighted by Gasteiger charge is -2.11. The van der Waals surface area contributed by atoms with Gasteiger partial charge in [0.05, 0.1) is 5.69 Å². The summed E-state index contributed by atoms with van der Waals surface area (Å²) in [6, 6.07) is 5.71. The third-order valence-electron chi connectivity index (χ3n) is 2.92. The summed E-state index contributed by atoms with van der Waals surface area (Å²) in [6.07, 6.45) is 6.27. The first kappa shape index (κ1) is 11.1. The van der Waals surface area contributed by atoms with E-state index in [1.165, 1.54) is 6.33 Å². The Kier molecular flexibility index (Phi) is 3.14. The van der Waals surface area contributed by atoms with E-state index in [4.69, 9.17) is 4.74 Å². The van der Waals surface area contributed by atoms with Crippen molar-refractivity contribution in [3.8, 4) is 17.1 Å². The van der Waals surface area contributed by atoms with E-state index in [-0.39, 0.29) is 6.10 Å². The molecular weight excluding hydrogens is 228 g/mol. The normalized spacial score (nSPS) is 18.8. The molecule has 0 aliphatic carbocycles. The monoisotopic (exact) mass is 242 g/mol. The molecule has 1 atom stereocenters. The lowest BCUT2D eigenvalue weighted by atomic mass is 10.2. The van der Waals surface area contributed by atoms with E-state index in [0.717, 1.165) is 30.8 Å². The molecule has 1 unspecified atom stereocenters. The zero-order valence-electron chi connectivity index (χ0n) is 9.91. The summed E-state index contributed by atoms with van der Waals surface area (Å²) in [5.41, 5.74) is 1.87. The predicted octanol–water partition coefficient (Wildman–Crippen LogP) is 1.28.